The summed E-state index contributed by atoms with van der Waals surface area (Å²) in [6, 6.07) is 6.03. The highest BCUT2D eigenvalue weighted by molar-refractivity contribution is 7.89. The molecule has 1 aromatic carbocycles. The maximum Gasteiger partial charge on any atom is 0.241 e. The number of carbonyl (C=O) groups excluding carboxylic acids is 1. The Morgan fingerprint density at radius 2 is 1.78 bits per heavy atom. The van der Waals surface area contributed by atoms with Crippen LogP contribution in [0.15, 0.2) is 29.2 Å². The average Bonchev–Trinajstić information content (AvgIpc) is 2.26. The van der Waals surface area contributed by atoms with Gasteiger partial charge in [0.15, 0.2) is 5.78 Å². The minimum absolute atomic E-state index is 0.0714. The summed E-state index contributed by atoms with van der Waals surface area (Å²) in [6.07, 6.45) is 2.80. The molecule has 98 valence electrons. The Morgan fingerprint density at radius 3 is 2.17 bits per heavy atom. The third-order valence-electron chi connectivity index (χ3n) is 3.41. The number of sulfonamides is 1. The van der Waals surface area contributed by atoms with Crippen LogP contribution in [0.5, 0.6) is 0 Å². The lowest BCUT2D eigenvalue weighted by molar-refractivity contribution is 0.101. The molecular formula is C13H17NO3S. The Labute approximate surface area is 107 Å². The standard InChI is InChI=1S/C13H17NO3S/c1-10(15)11-4-6-12(7-5-11)18(16,17)14-13(2)8-3-9-13/h4-7,14H,3,8-9H2,1-2H3. The van der Waals surface area contributed by atoms with Gasteiger partial charge in [-0.25, -0.2) is 13.1 Å². The van der Waals surface area contributed by atoms with E-state index in [1.807, 2.05) is 6.92 Å². The molecule has 0 bridgehead atoms. The summed E-state index contributed by atoms with van der Waals surface area (Å²) in [5.41, 5.74) is 0.210. The molecule has 0 aromatic heterocycles. The molecule has 1 N–H and O–H groups in total. The Bertz CT molecular complexity index is 556. The van der Waals surface area contributed by atoms with Crippen LogP contribution in [0, 0.1) is 0 Å². The van der Waals surface area contributed by atoms with E-state index in [9.17, 15) is 13.2 Å². The van der Waals surface area contributed by atoms with Gasteiger partial charge < -0.3 is 0 Å². The van der Waals surface area contributed by atoms with Crippen molar-refractivity contribution in [1.29, 1.82) is 0 Å². The zero-order chi connectivity index (χ0) is 13.4. The summed E-state index contributed by atoms with van der Waals surface area (Å²) in [7, 11) is -3.48. The van der Waals surface area contributed by atoms with Crippen molar-refractivity contribution < 1.29 is 13.2 Å². The van der Waals surface area contributed by atoms with E-state index in [-0.39, 0.29) is 16.2 Å². The van der Waals surface area contributed by atoms with Crippen LogP contribution in [0.3, 0.4) is 0 Å². The lowest BCUT2D eigenvalue weighted by atomic mass is 9.80. The monoisotopic (exact) mass is 267 g/mol. The second-order valence-corrected chi connectivity index (χ2v) is 6.78. The van der Waals surface area contributed by atoms with Crippen molar-refractivity contribution in [3.05, 3.63) is 29.8 Å². The van der Waals surface area contributed by atoms with Gasteiger partial charge in [0.05, 0.1) is 4.90 Å². The first-order valence-corrected chi connectivity index (χ1v) is 7.46. The summed E-state index contributed by atoms with van der Waals surface area (Å²) in [5.74, 6) is -0.0714. The van der Waals surface area contributed by atoms with E-state index in [0.717, 1.165) is 19.3 Å². The normalized spacial score (nSPS) is 18.1. The van der Waals surface area contributed by atoms with Crippen LogP contribution in [0.4, 0.5) is 0 Å². The third-order valence-corrected chi connectivity index (χ3v) is 5.06. The smallest absolute Gasteiger partial charge is 0.241 e. The van der Waals surface area contributed by atoms with Gasteiger partial charge in [0, 0.05) is 11.1 Å². The van der Waals surface area contributed by atoms with E-state index in [2.05, 4.69) is 4.72 Å². The molecule has 1 aliphatic carbocycles. The summed E-state index contributed by atoms with van der Waals surface area (Å²) in [5, 5.41) is 0. The minimum Gasteiger partial charge on any atom is -0.295 e. The molecule has 0 amide bonds. The molecule has 1 saturated carbocycles. The van der Waals surface area contributed by atoms with Gasteiger partial charge in [0.2, 0.25) is 10.0 Å². The van der Waals surface area contributed by atoms with Crippen LogP contribution in [-0.4, -0.2) is 19.7 Å². The molecular weight excluding hydrogens is 250 g/mol. The van der Waals surface area contributed by atoms with Gasteiger partial charge in [-0.2, -0.15) is 0 Å². The second-order valence-electron chi connectivity index (χ2n) is 5.10. The molecule has 1 aliphatic rings. The largest absolute Gasteiger partial charge is 0.295 e. The minimum atomic E-state index is -3.48. The highest BCUT2D eigenvalue weighted by Gasteiger charge is 2.36. The number of rotatable bonds is 4. The number of ketones is 1. The van der Waals surface area contributed by atoms with Gasteiger partial charge in [-0.1, -0.05) is 12.1 Å². The molecule has 0 unspecified atom stereocenters. The van der Waals surface area contributed by atoms with Crippen LogP contribution in [0.2, 0.25) is 0 Å². The fourth-order valence-electron chi connectivity index (χ4n) is 2.06. The highest BCUT2D eigenvalue weighted by atomic mass is 32.2. The van der Waals surface area contributed by atoms with Gasteiger partial charge in [0.25, 0.3) is 0 Å². The summed E-state index contributed by atoms with van der Waals surface area (Å²) < 4.78 is 27.0. The van der Waals surface area contributed by atoms with Crippen molar-refractivity contribution >= 4 is 15.8 Å². The Kier molecular flexibility index (Phi) is 3.29. The summed E-state index contributed by atoms with van der Waals surface area (Å²) in [6.45, 7) is 3.37. The zero-order valence-electron chi connectivity index (χ0n) is 10.6. The first-order chi connectivity index (χ1) is 8.32. The summed E-state index contributed by atoms with van der Waals surface area (Å²) >= 11 is 0. The van der Waals surface area contributed by atoms with Crippen molar-refractivity contribution in [1.82, 2.24) is 4.72 Å². The van der Waals surface area contributed by atoms with E-state index in [4.69, 9.17) is 0 Å². The van der Waals surface area contributed by atoms with Gasteiger partial charge in [0.1, 0.15) is 0 Å². The van der Waals surface area contributed by atoms with Crippen molar-refractivity contribution in [3.63, 3.8) is 0 Å². The number of hydrogen-bond donors (Lipinski definition) is 1. The Balaban J connectivity index is 2.22. The Morgan fingerprint density at radius 1 is 1.22 bits per heavy atom. The molecule has 0 radical (unpaired) electrons. The quantitative estimate of drug-likeness (QED) is 0.850. The molecule has 0 heterocycles. The third kappa shape index (κ3) is 2.62. The Hall–Kier alpha value is -1.20. The van der Waals surface area contributed by atoms with Crippen LogP contribution in [0.1, 0.15) is 43.5 Å². The van der Waals surface area contributed by atoms with Gasteiger partial charge >= 0.3 is 0 Å². The van der Waals surface area contributed by atoms with E-state index in [0.29, 0.717) is 5.56 Å². The number of carbonyl (C=O) groups is 1. The predicted octanol–water partition coefficient (Wildman–Crippen LogP) is 2.11. The van der Waals surface area contributed by atoms with Crippen molar-refractivity contribution in [2.24, 2.45) is 0 Å². The van der Waals surface area contributed by atoms with Crippen LogP contribution >= 0.6 is 0 Å². The SMILES string of the molecule is CC(=O)c1ccc(S(=O)(=O)NC2(C)CCC2)cc1. The maximum absolute atomic E-state index is 12.1. The molecule has 0 spiro atoms. The molecule has 0 aliphatic heterocycles. The molecule has 4 nitrogen and oxygen atoms in total. The lowest BCUT2D eigenvalue weighted by Gasteiger charge is -2.38. The van der Waals surface area contributed by atoms with E-state index < -0.39 is 10.0 Å². The first-order valence-electron chi connectivity index (χ1n) is 5.97. The summed E-state index contributed by atoms with van der Waals surface area (Å²) in [4.78, 5) is 11.3. The number of benzene rings is 1. The molecule has 5 heteroatoms. The van der Waals surface area contributed by atoms with Crippen LogP contribution in [0.25, 0.3) is 0 Å². The average molecular weight is 267 g/mol. The molecule has 18 heavy (non-hydrogen) atoms. The maximum atomic E-state index is 12.1. The molecule has 1 aromatic rings. The second kappa shape index (κ2) is 4.48. The topological polar surface area (TPSA) is 63.2 Å². The van der Waals surface area contributed by atoms with Crippen molar-refractivity contribution in [2.45, 2.75) is 43.5 Å². The lowest BCUT2D eigenvalue weighted by Crippen LogP contribution is -2.50. The number of hydrogen-bond acceptors (Lipinski definition) is 3. The van der Waals surface area contributed by atoms with Crippen molar-refractivity contribution in [2.75, 3.05) is 0 Å². The van der Waals surface area contributed by atoms with Crippen molar-refractivity contribution in [3.8, 4) is 0 Å². The predicted molar refractivity (Wildman–Crippen MR) is 69.0 cm³/mol. The van der Waals surface area contributed by atoms with E-state index >= 15 is 0 Å². The number of Topliss-reactive ketones (excluding diaryl/α,β-unsaturated/α-hetero) is 1. The van der Waals surface area contributed by atoms with Crippen LogP contribution in [-0.2, 0) is 10.0 Å². The van der Waals surface area contributed by atoms with Gasteiger partial charge in [-0.15, -0.1) is 0 Å². The molecule has 1 fully saturated rings. The van der Waals surface area contributed by atoms with Gasteiger partial charge in [-0.3, -0.25) is 4.79 Å². The highest BCUT2D eigenvalue weighted by Crippen LogP contribution is 2.32. The first kappa shape index (κ1) is 13.2. The zero-order valence-corrected chi connectivity index (χ0v) is 11.4. The van der Waals surface area contributed by atoms with E-state index in [1.54, 1.807) is 12.1 Å². The number of nitrogens with one attached hydrogen (secondary N) is 1. The van der Waals surface area contributed by atoms with Crippen LogP contribution < -0.4 is 4.72 Å². The fourth-order valence-corrected chi connectivity index (χ4v) is 3.53. The molecule has 0 saturated heterocycles. The van der Waals surface area contributed by atoms with E-state index in [1.165, 1.54) is 19.1 Å². The van der Waals surface area contributed by atoms with Gasteiger partial charge in [-0.05, 0) is 45.2 Å². The fraction of sp³-hybridized carbons (Fsp3) is 0.462. The molecule has 2 rings (SSSR count). The molecule has 0 atom stereocenters.